The van der Waals surface area contributed by atoms with Crippen molar-refractivity contribution in [2.75, 3.05) is 65.7 Å². The molecule has 1 amide bonds. The number of carbonyl (C=O) groups is 1. The molecule has 0 spiro atoms. The van der Waals surface area contributed by atoms with E-state index in [0.29, 0.717) is 33.0 Å². The van der Waals surface area contributed by atoms with Gasteiger partial charge >= 0.3 is 6.09 Å². The number of pyridine rings is 1. The summed E-state index contributed by atoms with van der Waals surface area (Å²) in [6.45, 7) is 19.0. The molecule has 4 heterocycles. The zero-order valence-corrected chi connectivity index (χ0v) is 28.5. The molecule has 1 fully saturated rings. The molecular weight excluding hydrogens is 606 g/mol. The zero-order valence-electron chi connectivity index (χ0n) is 28.5. The molecule has 48 heavy (non-hydrogen) atoms. The topological polar surface area (TPSA) is 106 Å². The molecule has 1 saturated heterocycles. The lowest BCUT2D eigenvalue weighted by Gasteiger charge is -2.36. The average molecular weight is 654 g/mol. The normalized spacial score (nSPS) is 14.9. The van der Waals surface area contributed by atoms with E-state index in [4.69, 9.17) is 19.2 Å². The van der Waals surface area contributed by atoms with Gasteiger partial charge in [-0.1, -0.05) is 36.9 Å². The minimum absolute atomic E-state index is 0.405. The number of benzene rings is 1. The van der Waals surface area contributed by atoms with E-state index in [-0.39, 0.29) is 0 Å². The highest BCUT2D eigenvalue weighted by molar-refractivity contribution is 5.97. The third kappa shape index (κ3) is 9.50. The number of amides is 1. The largest absolute Gasteiger partial charge is 0.444 e. The van der Waals surface area contributed by atoms with Gasteiger partial charge in [0.25, 0.3) is 0 Å². The molecule has 0 unspecified atom stereocenters. The molecule has 1 N–H and O–H groups in total. The van der Waals surface area contributed by atoms with Crippen molar-refractivity contribution in [2.24, 2.45) is 0 Å². The van der Waals surface area contributed by atoms with Crippen LogP contribution in [0.2, 0.25) is 0 Å². The van der Waals surface area contributed by atoms with E-state index >= 15 is 0 Å². The van der Waals surface area contributed by atoms with Crippen LogP contribution < -0.4 is 5.32 Å². The second-order valence-electron chi connectivity index (χ2n) is 12.7. The summed E-state index contributed by atoms with van der Waals surface area (Å²) < 4.78 is 18.3. The number of aromatic nitrogens is 4. The van der Waals surface area contributed by atoms with Crippen LogP contribution in [0.15, 0.2) is 85.6 Å². The predicted molar refractivity (Wildman–Crippen MR) is 190 cm³/mol. The monoisotopic (exact) mass is 653 g/mol. The van der Waals surface area contributed by atoms with Gasteiger partial charge < -0.3 is 24.4 Å². The first-order chi connectivity index (χ1) is 23.2. The average Bonchev–Trinajstić information content (AvgIpc) is 3.50. The number of alkyl carbamates (subject to hydrolysis) is 1. The molecule has 0 atom stereocenters. The summed E-state index contributed by atoms with van der Waals surface area (Å²) in [4.78, 5) is 25.8. The lowest BCUT2D eigenvalue weighted by Crippen LogP contribution is -2.46. The van der Waals surface area contributed by atoms with Crippen molar-refractivity contribution in [3.63, 3.8) is 0 Å². The van der Waals surface area contributed by atoms with Crippen LogP contribution in [0, 0.1) is 0 Å². The fraction of sp³-hybridized carbons (Fsp3) is 0.405. The summed E-state index contributed by atoms with van der Waals surface area (Å²) >= 11 is 0. The second kappa shape index (κ2) is 16.5. The zero-order chi connectivity index (χ0) is 33.9. The van der Waals surface area contributed by atoms with Crippen LogP contribution in [0.25, 0.3) is 33.3 Å². The number of carbonyl (C=O) groups excluding carboxylic acids is 1. The maximum absolute atomic E-state index is 11.6. The third-order valence-electron chi connectivity index (χ3n) is 8.06. The van der Waals surface area contributed by atoms with Gasteiger partial charge in [0.2, 0.25) is 0 Å². The Bertz CT molecular complexity index is 1740. The van der Waals surface area contributed by atoms with E-state index in [1.54, 1.807) is 0 Å². The third-order valence-corrected chi connectivity index (χ3v) is 8.06. The van der Waals surface area contributed by atoms with Gasteiger partial charge in [-0.2, -0.15) is 5.10 Å². The highest BCUT2D eigenvalue weighted by Gasteiger charge is 2.17. The van der Waals surface area contributed by atoms with E-state index in [0.717, 1.165) is 71.5 Å². The molecule has 1 aliphatic heterocycles. The number of hydrogen-bond acceptors (Lipinski definition) is 9. The van der Waals surface area contributed by atoms with Crippen LogP contribution in [-0.4, -0.2) is 107 Å². The van der Waals surface area contributed by atoms with Crippen LogP contribution in [0.5, 0.6) is 0 Å². The van der Waals surface area contributed by atoms with Crippen LogP contribution in [0.1, 0.15) is 33.3 Å². The first-order valence-electron chi connectivity index (χ1n) is 16.5. The van der Waals surface area contributed by atoms with E-state index in [1.807, 2.05) is 74.3 Å². The van der Waals surface area contributed by atoms with Crippen molar-refractivity contribution in [3.05, 3.63) is 91.2 Å². The van der Waals surface area contributed by atoms with Crippen LogP contribution >= 0.6 is 0 Å². The van der Waals surface area contributed by atoms with E-state index < -0.39 is 11.7 Å². The van der Waals surface area contributed by atoms with Crippen molar-refractivity contribution < 1.29 is 19.0 Å². The number of nitrogens with one attached hydrogen (secondary N) is 1. The molecule has 254 valence electrons. The minimum Gasteiger partial charge on any atom is -0.444 e. The molecule has 0 saturated carbocycles. The SMILES string of the molecule is C=C/C(=C\C=C(/C)N1CCN(CCOCCOCCNC(=O)OC(C)(C)C)CC1)c1cnc2c(-c3cccc4ncccc34)cnn2c1. The maximum atomic E-state index is 11.6. The van der Waals surface area contributed by atoms with Crippen LogP contribution in [0.4, 0.5) is 4.79 Å². The summed E-state index contributed by atoms with van der Waals surface area (Å²) in [5, 5.41) is 8.38. The van der Waals surface area contributed by atoms with Crippen molar-refractivity contribution in [1.82, 2.24) is 34.7 Å². The standard InChI is InChI=1S/C37H47N7O4/c1-6-29(30-25-40-35-33(26-41-44(35)27-30)31-9-7-11-34-32(31)10-8-14-38-34)13-12-28(2)43-18-16-42(17-19-43)20-22-47-24-23-46-21-15-39-36(45)48-37(3,4)5/h6-14,25-27H,1,15-24H2,2-5H3,(H,39,45)/b28-12+,29-13+. The van der Waals surface area contributed by atoms with Crippen molar-refractivity contribution in [3.8, 4) is 11.1 Å². The molecule has 0 bridgehead atoms. The number of piperazine rings is 1. The summed E-state index contributed by atoms with van der Waals surface area (Å²) in [6.07, 6.45) is 13.2. The molecule has 0 radical (unpaired) electrons. The van der Waals surface area contributed by atoms with Crippen molar-refractivity contribution in [1.29, 1.82) is 0 Å². The molecule has 1 aliphatic rings. The molecule has 11 nitrogen and oxygen atoms in total. The van der Waals surface area contributed by atoms with Gasteiger partial charge in [0, 0.05) is 80.1 Å². The Labute approximate surface area is 282 Å². The summed E-state index contributed by atoms with van der Waals surface area (Å²) in [7, 11) is 0. The smallest absolute Gasteiger partial charge is 0.407 e. The van der Waals surface area contributed by atoms with Gasteiger partial charge in [-0.3, -0.25) is 9.88 Å². The molecular formula is C37H47N7O4. The first-order valence-corrected chi connectivity index (χ1v) is 16.5. The fourth-order valence-electron chi connectivity index (χ4n) is 5.53. The number of nitrogens with zero attached hydrogens (tertiary/aromatic N) is 6. The van der Waals surface area contributed by atoms with Gasteiger partial charge in [-0.25, -0.2) is 14.3 Å². The van der Waals surface area contributed by atoms with Gasteiger partial charge in [-0.15, -0.1) is 0 Å². The Morgan fingerprint density at radius 3 is 2.52 bits per heavy atom. The van der Waals surface area contributed by atoms with Gasteiger partial charge in [-0.05, 0) is 57.0 Å². The Morgan fingerprint density at radius 1 is 0.958 bits per heavy atom. The van der Waals surface area contributed by atoms with Crippen LogP contribution in [0.3, 0.4) is 0 Å². The Kier molecular flexibility index (Phi) is 11.9. The van der Waals surface area contributed by atoms with Gasteiger partial charge in [0.1, 0.15) is 5.60 Å². The molecule has 4 aromatic rings. The fourth-order valence-corrected chi connectivity index (χ4v) is 5.53. The number of allylic oxidation sites excluding steroid dienone is 5. The van der Waals surface area contributed by atoms with E-state index in [1.165, 1.54) is 5.70 Å². The summed E-state index contributed by atoms with van der Waals surface area (Å²) in [5.74, 6) is 0. The maximum Gasteiger partial charge on any atom is 0.407 e. The Hall–Kier alpha value is -4.58. The highest BCUT2D eigenvalue weighted by atomic mass is 16.6. The Morgan fingerprint density at radius 2 is 1.75 bits per heavy atom. The number of hydrogen-bond donors (Lipinski definition) is 1. The van der Waals surface area contributed by atoms with E-state index in [9.17, 15) is 4.79 Å². The lowest BCUT2D eigenvalue weighted by atomic mass is 10.0. The quantitative estimate of drug-likeness (QED) is 0.138. The highest BCUT2D eigenvalue weighted by Crippen LogP contribution is 2.30. The predicted octanol–water partition coefficient (Wildman–Crippen LogP) is 5.59. The Balaban J connectivity index is 1.05. The first kappa shape index (κ1) is 34.7. The minimum atomic E-state index is -0.505. The van der Waals surface area contributed by atoms with Gasteiger partial charge in [0.05, 0.1) is 38.1 Å². The number of ether oxygens (including phenoxy) is 3. The lowest BCUT2D eigenvalue weighted by molar-refractivity contribution is 0.0309. The van der Waals surface area contributed by atoms with Crippen LogP contribution in [-0.2, 0) is 14.2 Å². The number of rotatable bonds is 14. The van der Waals surface area contributed by atoms with Crippen molar-refractivity contribution in [2.45, 2.75) is 33.3 Å². The molecule has 3 aromatic heterocycles. The van der Waals surface area contributed by atoms with Gasteiger partial charge in [0.15, 0.2) is 5.65 Å². The molecule has 0 aliphatic carbocycles. The molecule has 5 rings (SSSR count). The number of fused-ring (bicyclic) bond motifs is 2. The molecule has 1 aromatic carbocycles. The second-order valence-corrected chi connectivity index (χ2v) is 12.7. The summed E-state index contributed by atoms with van der Waals surface area (Å²) in [5.41, 5.74) is 6.42. The van der Waals surface area contributed by atoms with Crippen molar-refractivity contribution >= 4 is 28.2 Å². The van der Waals surface area contributed by atoms with E-state index in [2.05, 4.69) is 63.0 Å². The summed E-state index contributed by atoms with van der Waals surface area (Å²) in [6, 6.07) is 10.1. The molecule has 11 heteroatoms.